The number of nitrogens with one attached hydrogen (secondary N) is 2. The minimum absolute atomic E-state index is 0.00508. The minimum Gasteiger partial charge on any atom is -0.334 e. The Kier molecular flexibility index (Phi) is 2.64. The summed E-state index contributed by atoms with van der Waals surface area (Å²) in [5.41, 5.74) is 0. The van der Waals surface area contributed by atoms with Crippen molar-refractivity contribution in [1.82, 2.24) is 9.87 Å². The molecule has 0 unspecified atom stereocenters. The van der Waals surface area contributed by atoms with Gasteiger partial charge in [0.05, 0.1) is 5.02 Å². The molecular weight excluding hydrogens is 227 g/mol. The van der Waals surface area contributed by atoms with Gasteiger partial charge in [0.25, 0.3) is 10.0 Å². The van der Waals surface area contributed by atoms with Crippen molar-refractivity contribution in [1.29, 1.82) is 0 Å². The third-order valence-electron chi connectivity index (χ3n) is 1.11. The van der Waals surface area contributed by atoms with Crippen LogP contribution in [-0.2, 0) is 10.0 Å². The van der Waals surface area contributed by atoms with Crippen molar-refractivity contribution in [3.63, 3.8) is 0 Å². The van der Waals surface area contributed by atoms with Gasteiger partial charge in [-0.3, -0.25) is 0 Å². The van der Waals surface area contributed by atoms with Crippen LogP contribution in [0.2, 0.25) is 10.2 Å². The molecule has 1 rings (SSSR count). The Balaban J connectivity index is 3.22. The first-order valence-electron chi connectivity index (χ1n) is 2.67. The molecule has 0 saturated heterocycles. The first-order valence-corrected chi connectivity index (χ1v) is 4.91. The Morgan fingerprint density at radius 3 is 2.42 bits per heavy atom. The maximum atomic E-state index is 10.9. The van der Waals surface area contributed by atoms with E-state index in [1.165, 1.54) is 0 Å². The van der Waals surface area contributed by atoms with Gasteiger partial charge in [0, 0.05) is 0 Å². The molecule has 0 fully saturated rings. The summed E-state index contributed by atoms with van der Waals surface area (Å²) < 4.78 is 21.7. The molecule has 68 valence electrons. The van der Waals surface area contributed by atoms with E-state index in [1.807, 2.05) is 0 Å². The fourth-order valence-electron chi connectivity index (χ4n) is 0.576. The van der Waals surface area contributed by atoms with Crippen LogP contribution in [0.15, 0.2) is 11.1 Å². The van der Waals surface area contributed by atoms with Crippen LogP contribution in [0.3, 0.4) is 0 Å². The maximum absolute atomic E-state index is 10.9. The van der Waals surface area contributed by atoms with Gasteiger partial charge < -0.3 is 10.2 Å². The molecule has 0 aliphatic rings. The Morgan fingerprint density at radius 1 is 1.50 bits per heavy atom. The average molecular weight is 231 g/mol. The monoisotopic (exact) mass is 230 g/mol. The van der Waals surface area contributed by atoms with Crippen LogP contribution >= 0.6 is 23.2 Å². The topological polar surface area (TPSA) is 82.2 Å². The Hall–Kier alpha value is -0.270. The molecule has 1 heterocycles. The van der Waals surface area contributed by atoms with Crippen molar-refractivity contribution in [2.75, 3.05) is 0 Å². The fraction of sp³-hybridized carbons (Fsp3) is 0. The van der Waals surface area contributed by atoms with Crippen LogP contribution in [-0.4, -0.2) is 18.6 Å². The van der Waals surface area contributed by atoms with Crippen LogP contribution < -0.4 is 4.89 Å². The second-order valence-electron chi connectivity index (χ2n) is 1.89. The number of aromatic nitrogens is 1. The molecule has 1 aromatic heterocycles. The molecule has 5 nitrogen and oxygen atoms in total. The molecular formula is C4H4Cl2N2O3S. The van der Waals surface area contributed by atoms with Gasteiger partial charge >= 0.3 is 0 Å². The van der Waals surface area contributed by atoms with Gasteiger partial charge in [0.1, 0.15) is 5.15 Å². The predicted octanol–water partition coefficient (Wildman–Crippen LogP) is 0.989. The van der Waals surface area contributed by atoms with Gasteiger partial charge in [-0.2, -0.15) is 0 Å². The van der Waals surface area contributed by atoms with E-state index in [0.29, 0.717) is 0 Å². The van der Waals surface area contributed by atoms with Crippen LogP contribution in [0.1, 0.15) is 0 Å². The third-order valence-corrected chi connectivity index (χ3v) is 2.84. The first-order chi connectivity index (χ1) is 5.47. The molecule has 0 aromatic carbocycles. The number of H-pyrrole nitrogens is 1. The van der Waals surface area contributed by atoms with E-state index in [9.17, 15) is 8.42 Å². The molecule has 0 radical (unpaired) electrons. The zero-order valence-corrected chi connectivity index (χ0v) is 7.83. The number of rotatable bonds is 2. The summed E-state index contributed by atoms with van der Waals surface area (Å²) in [7, 11) is -3.92. The van der Waals surface area contributed by atoms with Gasteiger partial charge in [0.2, 0.25) is 0 Å². The van der Waals surface area contributed by atoms with Crippen molar-refractivity contribution in [2.45, 2.75) is 5.03 Å². The summed E-state index contributed by atoms with van der Waals surface area (Å²) in [6.07, 6.45) is 0. The summed E-state index contributed by atoms with van der Waals surface area (Å²) in [6, 6.07) is 1.09. The number of hydrogen-bond acceptors (Lipinski definition) is 3. The second-order valence-corrected chi connectivity index (χ2v) is 4.30. The summed E-state index contributed by atoms with van der Waals surface area (Å²) in [4.78, 5) is 3.38. The van der Waals surface area contributed by atoms with Crippen molar-refractivity contribution in [3.8, 4) is 0 Å². The normalized spacial score (nSPS) is 11.9. The molecule has 0 atom stereocenters. The van der Waals surface area contributed by atoms with Crippen LogP contribution in [0.25, 0.3) is 0 Å². The van der Waals surface area contributed by atoms with Gasteiger partial charge in [-0.1, -0.05) is 28.1 Å². The predicted molar refractivity (Wildman–Crippen MR) is 42.9 cm³/mol. The molecule has 8 heteroatoms. The van der Waals surface area contributed by atoms with Crippen molar-refractivity contribution >= 4 is 33.2 Å². The lowest BCUT2D eigenvalue weighted by molar-refractivity contribution is 0.242. The lowest BCUT2D eigenvalue weighted by atomic mass is 10.7. The molecule has 0 amide bonds. The summed E-state index contributed by atoms with van der Waals surface area (Å²) >= 11 is 10.9. The molecule has 0 spiro atoms. The smallest absolute Gasteiger partial charge is 0.277 e. The van der Waals surface area contributed by atoms with Crippen molar-refractivity contribution < 1.29 is 13.6 Å². The number of halogens is 2. The van der Waals surface area contributed by atoms with E-state index in [4.69, 9.17) is 28.4 Å². The Bertz CT molecular complexity index is 366. The summed E-state index contributed by atoms with van der Waals surface area (Å²) in [6.45, 7) is 0. The number of aromatic amines is 1. The van der Waals surface area contributed by atoms with Gasteiger partial charge in [-0.25, -0.2) is 8.42 Å². The minimum atomic E-state index is -3.92. The molecule has 1 aromatic rings. The van der Waals surface area contributed by atoms with E-state index < -0.39 is 10.0 Å². The van der Waals surface area contributed by atoms with Crippen LogP contribution in [0.4, 0.5) is 0 Å². The highest BCUT2D eigenvalue weighted by molar-refractivity contribution is 7.89. The molecule has 0 bridgehead atoms. The van der Waals surface area contributed by atoms with Gasteiger partial charge in [-0.15, -0.1) is 0 Å². The van der Waals surface area contributed by atoms with E-state index in [2.05, 4.69) is 4.98 Å². The molecule has 3 N–H and O–H groups in total. The molecule has 0 aliphatic heterocycles. The average Bonchev–Trinajstić information content (AvgIpc) is 2.33. The lowest BCUT2D eigenvalue weighted by Gasteiger charge is -1.94. The molecule has 0 aliphatic carbocycles. The summed E-state index contributed by atoms with van der Waals surface area (Å²) in [5, 5.41) is 7.99. The zero-order valence-electron chi connectivity index (χ0n) is 5.51. The van der Waals surface area contributed by atoms with E-state index in [-0.39, 0.29) is 15.2 Å². The highest BCUT2D eigenvalue weighted by atomic mass is 35.5. The van der Waals surface area contributed by atoms with Crippen LogP contribution in [0.5, 0.6) is 0 Å². The van der Waals surface area contributed by atoms with E-state index >= 15 is 0 Å². The fourth-order valence-corrected chi connectivity index (χ4v) is 1.62. The largest absolute Gasteiger partial charge is 0.334 e. The maximum Gasteiger partial charge on any atom is 0.277 e. The molecule has 0 saturated carbocycles. The van der Waals surface area contributed by atoms with Gasteiger partial charge in [0.15, 0.2) is 5.03 Å². The highest BCUT2D eigenvalue weighted by Gasteiger charge is 2.16. The Labute approximate surface area is 78.3 Å². The third kappa shape index (κ3) is 1.73. The first kappa shape index (κ1) is 9.82. The van der Waals surface area contributed by atoms with Gasteiger partial charge in [-0.05, 0) is 6.07 Å². The standard InChI is InChI=1S/C4H4Cl2N2O3S/c5-2-1-3(7-4(2)6)12(10,11)8-9/h1,7-9H. The molecule has 12 heavy (non-hydrogen) atoms. The second kappa shape index (κ2) is 3.23. The highest BCUT2D eigenvalue weighted by Crippen LogP contribution is 2.23. The SMILES string of the molecule is O=S(=O)(NO)c1cc(Cl)c(Cl)[nH]1. The zero-order chi connectivity index (χ0) is 9.35. The summed E-state index contributed by atoms with van der Waals surface area (Å²) in [5.74, 6) is 0. The number of hydrogen-bond donors (Lipinski definition) is 3. The van der Waals surface area contributed by atoms with E-state index in [0.717, 1.165) is 11.0 Å². The van der Waals surface area contributed by atoms with E-state index in [1.54, 1.807) is 0 Å². The Morgan fingerprint density at radius 2 is 2.08 bits per heavy atom. The van der Waals surface area contributed by atoms with Crippen molar-refractivity contribution in [2.24, 2.45) is 0 Å². The van der Waals surface area contributed by atoms with Crippen LogP contribution in [0, 0.1) is 0 Å². The number of sulfonamides is 1. The quantitative estimate of drug-likeness (QED) is 0.663. The van der Waals surface area contributed by atoms with Crippen molar-refractivity contribution in [3.05, 3.63) is 16.2 Å². The lowest BCUT2D eigenvalue weighted by Crippen LogP contribution is -2.19.